The zero-order valence-electron chi connectivity index (χ0n) is 8.11. The topological polar surface area (TPSA) is 61.1 Å². The molecule has 0 radical (unpaired) electrons. The average molecular weight is 189 g/mol. The van der Waals surface area contributed by atoms with E-state index in [2.05, 4.69) is 0 Å². The van der Waals surface area contributed by atoms with Gasteiger partial charge in [0.05, 0.1) is 17.2 Å². The third kappa shape index (κ3) is 1.91. The number of nitrogens with zero attached hydrogens (tertiary/aromatic N) is 1. The van der Waals surface area contributed by atoms with E-state index in [9.17, 15) is 4.79 Å². The first-order valence-corrected chi connectivity index (χ1v) is 4.33. The van der Waals surface area contributed by atoms with Crippen LogP contribution in [0.2, 0.25) is 0 Å². The standard InChI is InChI=1S/C11H11NO2/c1-7(2)9-4-3-8(6-12)5-10(9)11(13)14/h3-5,7H,1-2H3,(H,13,14). The second kappa shape index (κ2) is 3.93. The van der Waals surface area contributed by atoms with Gasteiger partial charge in [-0.25, -0.2) is 4.79 Å². The number of hydrogen-bond acceptors (Lipinski definition) is 2. The summed E-state index contributed by atoms with van der Waals surface area (Å²) >= 11 is 0. The van der Waals surface area contributed by atoms with Crippen LogP contribution < -0.4 is 0 Å². The Morgan fingerprint density at radius 2 is 2.14 bits per heavy atom. The number of rotatable bonds is 2. The highest BCUT2D eigenvalue weighted by Gasteiger charge is 2.13. The SMILES string of the molecule is CC(C)c1ccc(C#N)cc1C(=O)O. The Morgan fingerprint density at radius 3 is 2.57 bits per heavy atom. The van der Waals surface area contributed by atoms with Crippen LogP contribution in [0.3, 0.4) is 0 Å². The number of carbonyl (C=O) groups is 1. The van der Waals surface area contributed by atoms with E-state index in [1.165, 1.54) is 6.07 Å². The molecule has 1 aromatic carbocycles. The summed E-state index contributed by atoms with van der Waals surface area (Å²) in [6, 6.07) is 6.68. The summed E-state index contributed by atoms with van der Waals surface area (Å²) in [5.74, 6) is -0.834. The molecule has 0 aliphatic carbocycles. The average Bonchev–Trinajstić information content (AvgIpc) is 2.16. The summed E-state index contributed by atoms with van der Waals surface area (Å²) in [4.78, 5) is 10.9. The molecule has 1 aromatic rings. The maximum Gasteiger partial charge on any atom is 0.336 e. The number of aromatic carboxylic acids is 1. The third-order valence-corrected chi connectivity index (χ3v) is 2.03. The summed E-state index contributed by atoms with van der Waals surface area (Å²) in [5, 5.41) is 17.6. The Balaban J connectivity index is 3.33. The molecule has 0 amide bonds. The molecular weight excluding hydrogens is 178 g/mol. The van der Waals surface area contributed by atoms with Gasteiger partial charge < -0.3 is 5.11 Å². The highest BCUT2D eigenvalue weighted by atomic mass is 16.4. The maximum atomic E-state index is 10.9. The van der Waals surface area contributed by atoms with Gasteiger partial charge in [-0.15, -0.1) is 0 Å². The van der Waals surface area contributed by atoms with Gasteiger partial charge in [0.15, 0.2) is 0 Å². The normalized spacial score (nSPS) is 9.86. The molecule has 3 heteroatoms. The van der Waals surface area contributed by atoms with Crippen molar-refractivity contribution in [1.29, 1.82) is 5.26 Å². The number of nitriles is 1. The van der Waals surface area contributed by atoms with E-state index in [-0.39, 0.29) is 11.5 Å². The first kappa shape index (κ1) is 10.3. The van der Waals surface area contributed by atoms with E-state index < -0.39 is 5.97 Å². The van der Waals surface area contributed by atoms with Crippen molar-refractivity contribution in [3.05, 3.63) is 34.9 Å². The van der Waals surface area contributed by atoms with Gasteiger partial charge in [-0.05, 0) is 23.6 Å². The molecule has 0 spiro atoms. The van der Waals surface area contributed by atoms with E-state index in [0.717, 1.165) is 5.56 Å². The van der Waals surface area contributed by atoms with Crippen molar-refractivity contribution in [2.24, 2.45) is 0 Å². The van der Waals surface area contributed by atoms with Gasteiger partial charge >= 0.3 is 5.97 Å². The van der Waals surface area contributed by atoms with Crippen molar-refractivity contribution in [3.63, 3.8) is 0 Å². The van der Waals surface area contributed by atoms with Crippen molar-refractivity contribution in [2.75, 3.05) is 0 Å². The molecule has 0 saturated carbocycles. The van der Waals surface area contributed by atoms with Crippen LogP contribution in [0.15, 0.2) is 18.2 Å². The van der Waals surface area contributed by atoms with E-state index in [1.54, 1.807) is 12.1 Å². The smallest absolute Gasteiger partial charge is 0.336 e. The van der Waals surface area contributed by atoms with Crippen LogP contribution >= 0.6 is 0 Å². The Labute approximate surface area is 82.6 Å². The van der Waals surface area contributed by atoms with Crippen molar-refractivity contribution in [3.8, 4) is 6.07 Å². The van der Waals surface area contributed by atoms with Gasteiger partial charge in [0.1, 0.15) is 0 Å². The van der Waals surface area contributed by atoms with E-state index in [1.807, 2.05) is 19.9 Å². The molecule has 0 atom stereocenters. The fraction of sp³-hybridized carbons (Fsp3) is 0.273. The summed E-state index contributed by atoms with van der Waals surface area (Å²) in [5.41, 5.74) is 1.36. The van der Waals surface area contributed by atoms with Gasteiger partial charge in [0.25, 0.3) is 0 Å². The molecule has 0 bridgehead atoms. The summed E-state index contributed by atoms with van der Waals surface area (Å²) < 4.78 is 0. The predicted octanol–water partition coefficient (Wildman–Crippen LogP) is 2.38. The first-order chi connectivity index (χ1) is 6.56. The van der Waals surface area contributed by atoms with E-state index >= 15 is 0 Å². The lowest BCUT2D eigenvalue weighted by molar-refractivity contribution is 0.0695. The Bertz CT molecular complexity index is 402. The second-order valence-electron chi connectivity index (χ2n) is 3.37. The number of carboxylic acid groups (broad SMARTS) is 1. The number of carboxylic acids is 1. The van der Waals surface area contributed by atoms with Gasteiger partial charge in [-0.1, -0.05) is 19.9 Å². The number of hydrogen-bond donors (Lipinski definition) is 1. The highest BCUT2D eigenvalue weighted by Crippen LogP contribution is 2.20. The molecule has 14 heavy (non-hydrogen) atoms. The minimum atomic E-state index is -0.981. The Kier molecular flexibility index (Phi) is 2.88. The van der Waals surface area contributed by atoms with Gasteiger partial charge in [-0.2, -0.15) is 5.26 Å². The quantitative estimate of drug-likeness (QED) is 0.776. The molecule has 0 aromatic heterocycles. The molecule has 0 unspecified atom stereocenters. The van der Waals surface area contributed by atoms with Crippen molar-refractivity contribution in [2.45, 2.75) is 19.8 Å². The fourth-order valence-corrected chi connectivity index (χ4v) is 1.31. The lowest BCUT2D eigenvalue weighted by Crippen LogP contribution is -2.04. The predicted molar refractivity (Wildman–Crippen MR) is 52.2 cm³/mol. The van der Waals surface area contributed by atoms with Crippen LogP contribution in [-0.4, -0.2) is 11.1 Å². The van der Waals surface area contributed by atoms with Crippen LogP contribution in [0.25, 0.3) is 0 Å². The summed E-state index contributed by atoms with van der Waals surface area (Å²) in [6.07, 6.45) is 0. The molecule has 0 fully saturated rings. The fourth-order valence-electron chi connectivity index (χ4n) is 1.31. The zero-order valence-corrected chi connectivity index (χ0v) is 8.11. The second-order valence-corrected chi connectivity index (χ2v) is 3.37. The van der Waals surface area contributed by atoms with Crippen molar-refractivity contribution >= 4 is 5.97 Å². The van der Waals surface area contributed by atoms with Crippen LogP contribution in [0.5, 0.6) is 0 Å². The Hall–Kier alpha value is -1.82. The van der Waals surface area contributed by atoms with E-state index in [4.69, 9.17) is 10.4 Å². The molecule has 0 aliphatic rings. The lowest BCUT2D eigenvalue weighted by atomic mass is 9.95. The first-order valence-electron chi connectivity index (χ1n) is 4.33. The summed E-state index contributed by atoms with van der Waals surface area (Å²) in [7, 11) is 0. The number of benzene rings is 1. The van der Waals surface area contributed by atoms with E-state index in [0.29, 0.717) is 5.56 Å². The third-order valence-electron chi connectivity index (χ3n) is 2.03. The molecule has 3 nitrogen and oxygen atoms in total. The molecule has 1 N–H and O–H groups in total. The lowest BCUT2D eigenvalue weighted by Gasteiger charge is -2.09. The molecule has 0 heterocycles. The van der Waals surface area contributed by atoms with Crippen LogP contribution in [0, 0.1) is 11.3 Å². The molecular formula is C11H11NO2. The molecule has 0 saturated heterocycles. The molecule has 1 rings (SSSR count). The van der Waals surface area contributed by atoms with Gasteiger partial charge in [0.2, 0.25) is 0 Å². The monoisotopic (exact) mass is 189 g/mol. The van der Waals surface area contributed by atoms with Crippen molar-refractivity contribution in [1.82, 2.24) is 0 Å². The highest BCUT2D eigenvalue weighted by molar-refractivity contribution is 5.90. The van der Waals surface area contributed by atoms with Gasteiger partial charge in [-0.3, -0.25) is 0 Å². The molecule has 0 aliphatic heterocycles. The minimum absolute atomic E-state index is 0.147. The zero-order chi connectivity index (χ0) is 10.7. The van der Waals surface area contributed by atoms with Crippen molar-refractivity contribution < 1.29 is 9.90 Å². The Morgan fingerprint density at radius 1 is 1.50 bits per heavy atom. The minimum Gasteiger partial charge on any atom is -0.478 e. The maximum absolute atomic E-state index is 10.9. The summed E-state index contributed by atoms with van der Waals surface area (Å²) in [6.45, 7) is 3.85. The van der Waals surface area contributed by atoms with Gasteiger partial charge in [0, 0.05) is 0 Å². The molecule has 72 valence electrons. The largest absolute Gasteiger partial charge is 0.478 e. The van der Waals surface area contributed by atoms with Crippen LogP contribution in [0.1, 0.15) is 41.3 Å². The van der Waals surface area contributed by atoms with Crippen LogP contribution in [-0.2, 0) is 0 Å². The van der Waals surface area contributed by atoms with Crippen LogP contribution in [0.4, 0.5) is 0 Å².